The molecule has 4 aliphatic rings. The number of nitrogens with zero attached hydrogens (tertiary/aromatic N) is 2. The molecule has 4 nitrogen and oxygen atoms in total. The average molecular weight is 384 g/mol. The third-order valence-electron chi connectivity index (χ3n) is 7.53. The molecule has 4 fully saturated rings. The summed E-state index contributed by atoms with van der Waals surface area (Å²) in [5, 5.41) is 3.17. The zero-order valence-electron chi connectivity index (χ0n) is 17.5. The molecule has 0 radical (unpaired) electrons. The van der Waals surface area contributed by atoms with Gasteiger partial charge in [-0.2, -0.15) is 0 Å². The van der Waals surface area contributed by atoms with Gasteiger partial charge >= 0.3 is 6.03 Å². The van der Waals surface area contributed by atoms with Crippen LogP contribution in [0.15, 0.2) is 24.5 Å². The molecule has 28 heavy (non-hydrogen) atoms. The zero-order chi connectivity index (χ0) is 19.4. The van der Waals surface area contributed by atoms with Crippen LogP contribution in [0, 0.1) is 23.2 Å². The lowest BCUT2D eigenvalue weighted by Gasteiger charge is -2.57. The van der Waals surface area contributed by atoms with Gasteiger partial charge in [-0.05, 0) is 105 Å². The highest BCUT2D eigenvalue weighted by Gasteiger charge is 2.50. The third-order valence-corrected chi connectivity index (χ3v) is 7.53. The van der Waals surface area contributed by atoms with Crippen LogP contribution in [0.3, 0.4) is 0 Å². The van der Waals surface area contributed by atoms with Crippen LogP contribution in [0.25, 0.3) is 0 Å². The number of hydrogen-bond donors (Lipinski definition) is 1. The van der Waals surface area contributed by atoms with Gasteiger partial charge in [-0.25, -0.2) is 4.79 Å². The number of aromatic nitrogens is 1. The molecule has 4 saturated carbocycles. The summed E-state index contributed by atoms with van der Waals surface area (Å²) in [6.45, 7) is 4.74. The van der Waals surface area contributed by atoms with Crippen molar-refractivity contribution in [3.05, 3.63) is 30.1 Å². The summed E-state index contributed by atoms with van der Waals surface area (Å²) in [4.78, 5) is 18.9. The number of aryl methyl sites for hydroxylation is 1. The molecule has 0 saturated heterocycles. The molecule has 0 aliphatic heterocycles. The van der Waals surface area contributed by atoms with Crippen molar-refractivity contribution in [2.75, 3.05) is 19.6 Å². The maximum Gasteiger partial charge on any atom is 0.317 e. The van der Waals surface area contributed by atoms with Gasteiger partial charge in [0.05, 0.1) is 0 Å². The molecular formula is C24H37N3O. The summed E-state index contributed by atoms with van der Waals surface area (Å²) in [6.07, 6.45) is 16.7. The third kappa shape index (κ3) is 4.69. The second-order valence-corrected chi connectivity index (χ2v) is 9.85. The van der Waals surface area contributed by atoms with Gasteiger partial charge in [-0.1, -0.05) is 6.92 Å². The Morgan fingerprint density at radius 2 is 1.75 bits per heavy atom. The monoisotopic (exact) mass is 383 g/mol. The molecule has 4 heteroatoms. The van der Waals surface area contributed by atoms with E-state index in [1.165, 1.54) is 50.5 Å². The van der Waals surface area contributed by atoms with Gasteiger partial charge in [0.25, 0.3) is 0 Å². The summed E-state index contributed by atoms with van der Waals surface area (Å²) in [5.41, 5.74) is 1.85. The van der Waals surface area contributed by atoms with Crippen molar-refractivity contribution in [3.8, 4) is 0 Å². The summed E-state index contributed by atoms with van der Waals surface area (Å²) >= 11 is 0. The highest BCUT2D eigenvalue weighted by atomic mass is 16.2. The molecule has 154 valence electrons. The van der Waals surface area contributed by atoms with Gasteiger partial charge in [0.1, 0.15) is 0 Å². The number of nitrogens with one attached hydrogen (secondary N) is 1. The van der Waals surface area contributed by atoms with Crippen LogP contribution in [-0.2, 0) is 6.42 Å². The Morgan fingerprint density at radius 1 is 1.11 bits per heavy atom. The second kappa shape index (κ2) is 8.84. The van der Waals surface area contributed by atoms with Crippen molar-refractivity contribution in [3.63, 3.8) is 0 Å². The number of rotatable bonds is 9. The fourth-order valence-electron chi connectivity index (χ4n) is 6.70. The number of hydrogen-bond acceptors (Lipinski definition) is 2. The minimum absolute atomic E-state index is 0.140. The Bertz CT molecular complexity index is 609. The second-order valence-electron chi connectivity index (χ2n) is 9.85. The summed E-state index contributed by atoms with van der Waals surface area (Å²) in [5.74, 6) is 2.98. The summed E-state index contributed by atoms with van der Waals surface area (Å²) in [6, 6.07) is 4.24. The highest BCUT2D eigenvalue weighted by Crippen LogP contribution is 2.61. The maximum atomic E-state index is 12.8. The number of carbonyl (C=O) groups is 1. The number of amides is 2. The molecule has 0 spiro atoms. The van der Waals surface area contributed by atoms with E-state index in [2.05, 4.69) is 34.3 Å². The van der Waals surface area contributed by atoms with Crippen molar-refractivity contribution < 1.29 is 4.79 Å². The van der Waals surface area contributed by atoms with E-state index in [-0.39, 0.29) is 6.03 Å². The average Bonchev–Trinajstić information content (AvgIpc) is 2.68. The van der Waals surface area contributed by atoms with Crippen molar-refractivity contribution in [1.82, 2.24) is 15.2 Å². The molecule has 1 aromatic rings. The Balaban J connectivity index is 1.23. The topological polar surface area (TPSA) is 45.2 Å². The smallest absolute Gasteiger partial charge is 0.317 e. The van der Waals surface area contributed by atoms with Gasteiger partial charge < -0.3 is 10.2 Å². The van der Waals surface area contributed by atoms with Crippen molar-refractivity contribution >= 4 is 6.03 Å². The first kappa shape index (κ1) is 19.7. The molecular weight excluding hydrogens is 346 g/mol. The first-order valence-electron chi connectivity index (χ1n) is 11.6. The number of carbonyl (C=O) groups excluding carboxylic acids is 1. The lowest BCUT2D eigenvalue weighted by atomic mass is 9.49. The van der Waals surface area contributed by atoms with Crippen molar-refractivity contribution in [2.24, 2.45) is 23.2 Å². The molecule has 4 aliphatic carbocycles. The Kier molecular flexibility index (Phi) is 6.22. The van der Waals surface area contributed by atoms with E-state index in [1.54, 1.807) is 0 Å². The number of pyridine rings is 1. The SMILES string of the molecule is CCCN(CCC12CC3CC(CC(C3)C1)C2)C(=O)NCCCc1ccncc1. The minimum atomic E-state index is 0.140. The molecule has 2 amide bonds. The Labute approximate surface area is 170 Å². The van der Waals surface area contributed by atoms with E-state index < -0.39 is 0 Å². The van der Waals surface area contributed by atoms with Gasteiger partial charge in [0.15, 0.2) is 0 Å². The largest absolute Gasteiger partial charge is 0.338 e. The predicted octanol–water partition coefficient (Wildman–Crippen LogP) is 5.04. The maximum absolute atomic E-state index is 12.8. The lowest BCUT2D eigenvalue weighted by Crippen LogP contribution is -2.48. The predicted molar refractivity (Wildman–Crippen MR) is 113 cm³/mol. The first-order chi connectivity index (χ1) is 13.7. The molecule has 0 aromatic carbocycles. The molecule has 1 N–H and O–H groups in total. The van der Waals surface area contributed by atoms with Crippen LogP contribution >= 0.6 is 0 Å². The van der Waals surface area contributed by atoms with E-state index in [4.69, 9.17) is 0 Å². The molecule has 1 aromatic heterocycles. The number of urea groups is 1. The van der Waals surface area contributed by atoms with E-state index in [0.29, 0.717) is 5.41 Å². The standard InChI is InChI=1S/C24H37N3O/c1-2-11-27(23(28)26-8-3-4-19-5-9-25-10-6-19)12-7-24-16-20-13-21(17-24)15-22(14-20)18-24/h5-6,9-10,20-22H,2-4,7-8,11-18H2,1H3,(H,26,28). The van der Waals surface area contributed by atoms with E-state index in [0.717, 1.165) is 56.7 Å². The van der Waals surface area contributed by atoms with Gasteiger partial charge in [0.2, 0.25) is 0 Å². The fraction of sp³-hybridized carbons (Fsp3) is 0.750. The van der Waals surface area contributed by atoms with E-state index >= 15 is 0 Å². The highest BCUT2D eigenvalue weighted by molar-refractivity contribution is 5.74. The van der Waals surface area contributed by atoms with Crippen LogP contribution in [0.1, 0.15) is 70.3 Å². The summed E-state index contributed by atoms with van der Waals surface area (Å²) in [7, 11) is 0. The normalized spacial score (nSPS) is 30.4. The van der Waals surface area contributed by atoms with E-state index in [9.17, 15) is 4.79 Å². The quantitative estimate of drug-likeness (QED) is 0.607. The first-order valence-corrected chi connectivity index (χ1v) is 11.6. The molecule has 5 rings (SSSR count). The van der Waals surface area contributed by atoms with Crippen LogP contribution < -0.4 is 5.32 Å². The van der Waals surface area contributed by atoms with E-state index in [1.807, 2.05) is 12.4 Å². The van der Waals surface area contributed by atoms with Crippen LogP contribution in [0.2, 0.25) is 0 Å². The van der Waals surface area contributed by atoms with Gasteiger partial charge in [0, 0.05) is 32.0 Å². The summed E-state index contributed by atoms with van der Waals surface area (Å²) < 4.78 is 0. The Hall–Kier alpha value is -1.58. The van der Waals surface area contributed by atoms with Crippen molar-refractivity contribution in [2.45, 2.75) is 71.1 Å². The molecule has 0 unspecified atom stereocenters. The zero-order valence-corrected chi connectivity index (χ0v) is 17.5. The molecule has 1 heterocycles. The molecule has 0 atom stereocenters. The fourth-order valence-corrected chi connectivity index (χ4v) is 6.70. The van der Waals surface area contributed by atoms with Gasteiger partial charge in [-0.3, -0.25) is 4.98 Å². The molecule has 4 bridgehead atoms. The lowest BCUT2D eigenvalue weighted by molar-refractivity contribution is -0.0596. The van der Waals surface area contributed by atoms with Gasteiger partial charge in [-0.15, -0.1) is 0 Å². The van der Waals surface area contributed by atoms with Crippen LogP contribution in [-0.4, -0.2) is 35.5 Å². The van der Waals surface area contributed by atoms with Crippen LogP contribution in [0.4, 0.5) is 4.79 Å². The van der Waals surface area contributed by atoms with Crippen molar-refractivity contribution in [1.29, 1.82) is 0 Å². The van der Waals surface area contributed by atoms with Crippen LogP contribution in [0.5, 0.6) is 0 Å². The Morgan fingerprint density at radius 3 is 2.36 bits per heavy atom. The minimum Gasteiger partial charge on any atom is -0.338 e.